The molecular weight excluding hydrogens is 386 g/mol. The van der Waals surface area contributed by atoms with E-state index in [1.165, 1.54) is 11.3 Å². The number of hydrogen-bond acceptors (Lipinski definition) is 8. The molecule has 4 rings (SSSR count). The van der Waals surface area contributed by atoms with Gasteiger partial charge in [-0.25, -0.2) is 14.8 Å². The molecule has 1 aliphatic heterocycles. The number of aromatic nitrogens is 3. The van der Waals surface area contributed by atoms with E-state index >= 15 is 0 Å². The molecule has 8 heteroatoms. The Labute approximate surface area is 173 Å². The van der Waals surface area contributed by atoms with E-state index in [9.17, 15) is 4.79 Å². The van der Waals surface area contributed by atoms with E-state index in [4.69, 9.17) is 15.5 Å². The van der Waals surface area contributed by atoms with Crippen LogP contribution in [0.25, 0.3) is 11.5 Å². The predicted octanol–water partition coefficient (Wildman–Crippen LogP) is 3.48. The van der Waals surface area contributed by atoms with Gasteiger partial charge in [0.2, 0.25) is 0 Å². The zero-order chi connectivity index (χ0) is 20.4. The molecule has 0 saturated carbocycles. The number of nitrogen functional groups attached to an aromatic ring is 1. The molecule has 0 atom stereocenters. The second-order valence-electron chi connectivity index (χ2n) is 6.74. The van der Waals surface area contributed by atoms with Gasteiger partial charge in [-0.05, 0) is 37.5 Å². The van der Waals surface area contributed by atoms with E-state index in [2.05, 4.69) is 21.8 Å². The topological polar surface area (TPSA) is 94.2 Å². The van der Waals surface area contributed by atoms with Crippen molar-refractivity contribution in [2.45, 2.75) is 33.2 Å². The summed E-state index contributed by atoms with van der Waals surface area (Å²) in [5.41, 5.74) is 9.43. The number of fused-ring (bicyclic) bond motifs is 1. The number of thiophene rings is 1. The summed E-state index contributed by atoms with van der Waals surface area (Å²) in [5.74, 6) is 1.17. The van der Waals surface area contributed by atoms with Crippen LogP contribution in [0.4, 0.5) is 10.8 Å². The van der Waals surface area contributed by atoms with Crippen molar-refractivity contribution in [2.24, 2.45) is 0 Å². The van der Waals surface area contributed by atoms with E-state index < -0.39 is 0 Å². The van der Waals surface area contributed by atoms with Gasteiger partial charge in [0.25, 0.3) is 0 Å². The number of ether oxygens (including phenoxy) is 1. The summed E-state index contributed by atoms with van der Waals surface area (Å²) in [6.45, 7) is 5.62. The third-order valence-corrected chi connectivity index (χ3v) is 5.96. The largest absolute Gasteiger partial charge is 0.462 e. The molecule has 0 unspecified atom stereocenters. The van der Waals surface area contributed by atoms with Crippen LogP contribution < -0.4 is 10.6 Å². The van der Waals surface area contributed by atoms with E-state index in [1.54, 1.807) is 13.1 Å². The molecule has 0 bridgehead atoms. The molecule has 3 aromatic rings. The maximum Gasteiger partial charge on any atom is 0.341 e. The van der Waals surface area contributed by atoms with E-state index in [0.717, 1.165) is 47.0 Å². The van der Waals surface area contributed by atoms with Gasteiger partial charge in [-0.3, -0.25) is 4.98 Å². The highest BCUT2D eigenvalue weighted by Crippen LogP contribution is 2.37. The number of nitrogens with zero attached hydrogens (tertiary/aromatic N) is 4. The summed E-state index contributed by atoms with van der Waals surface area (Å²) in [6, 6.07) is 7.75. The molecule has 0 spiro atoms. The van der Waals surface area contributed by atoms with Crippen molar-refractivity contribution >= 4 is 28.1 Å². The van der Waals surface area contributed by atoms with Gasteiger partial charge < -0.3 is 15.4 Å². The molecule has 7 nitrogen and oxygen atoms in total. The molecule has 2 N–H and O–H groups in total. The van der Waals surface area contributed by atoms with Gasteiger partial charge in [0.1, 0.15) is 16.5 Å². The normalized spacial score (nSPS) is 13.2. The van der Waals surface area contributed by atoms with Gasteiger partial charge in [0.05, 0.1) is 18.7 Å². The Morgan fingerprint density at radius 2 is 2.17 bits per heavy atom. The van der Waals surface area contributed by atoms with Gasteiger partial charge in [-0.15, -0.1) is 11.3 Å². The van der Waals surface area contributed by atoms with Crippen LogP contribution in [0.15, 0.2) is 30.5 Å². The van der Waals surface area contributed by atoms with Crippen LogP contribution in [-0.4, -0.2) is 34.1 Å². The monoisotopic (exact) mass is 409 g/mol. The lowest BCUT2D eigenvalue weighted by atomic mass is 10.0. The molecule has 150 valence electrons. The van der Waals surface area contributed by atoms with E-state index in [0.29, 0.717) is 29.5 Å². The molecule has 0 amide bonds. The second-order valence-corrected chi connectivity index (χ2v) is 7.88. The highest BCUT2D eigenvalue weighted by Gasteiger charge is 2.28. The third-order valence-electron chi connectivity index (χ3n) is 4.91. The van der Waals surface area contributed by atoms with Crippen LogP contribution >= 0.6 is 11.3 Å². The Hall–Kier alpha value is -3.00. The molecule has 0 fully saturated rings. The average molecular weight is 410 g/mol. The summed E-state index contributed by atoms with van der Waals surface area (Å²) >= 11 is 1.46. The van der Waals surface area contributed by atoms with Crippen LogP contribution in [0.3, 0.4) is 0 Å². The van der Waals surface area contributed by atoms with E-state index in [-0.39, 0.29) is 5.97 Å². The Bertz CT molecular complexity index is 1040. The van der Waals surface area contributed by atoms with Crippen LogP contribution in [-0.2, 0) is 24.1 Å². The summed E-state index contributed by atoms with van der Waals surface area (Å²) in [4.78, 5) is 29.4. The van der Waals surface area contributed by atoms with Crippen molar-refractivity contribution in [2.75, 3.05) is 23.8 Å². The number of rotatable bonds is 5. The van der Waals surface area contributed by atoms with E-state index in [1.807, 2.05) is 24.3 Å². The lowest BCUT2D eigenvalue weighted by molar-refractivity contribution is 0.0526. The number of carbonyl (C=O) groups is 1. The van der Waals surface area contributed by atoms with Gasteiger partial charge in [-0.1, -0.05) is 13.0 Å². The number of nitrogens with two attached hydrogens (primary N) is 1. The molecule has 29 heavy (non-hydrogen) atoms. The highest BCUT2D eigenvalue weighted by molar-refractivity contribution is 7.16. The molecule has 1 aliphatic rings. The molecule has 0 aliphatic carbocycles. The summed E-state index contributed by atoms with van der Waals surface area (Å²) < 4.78 is 5.19. The van der Waals surface area contributed by atoms with Crippen molar-refractivity contribution in [3.63, 3.8) is 0 Å². The van der Waals surface area contributed by atoms with Crippen molar-refractivity contribution in [3.8, 4) is 11.5 Å². The number of carbonyl (C=O) groups excluding carboxylic acids is 1. The van der Waals surface area contributed by atoms with Crippen LogP contribution in [0.5, 0.6) is 0 Å². The van der Waals surface area contributed by atoms with Crippen molar-refractivity contribution in [1.29, 1.82) is 0 Å². The molecule has 0 aromatic carbocycles. The second kappa shape index (κ2) is 8.16. The zero-order valence-corrected chi connectivity index (χ0v) is 17.3. The number of esters is 1. The molecular formula is C21H23N5O2S. The Morgan fingerprint density at radius 1 is 1.31 bits per heavy atom. The summed E-state index contributed by atoms with van der Waals surface area (Å²) in [7, 11) is 0. The Balaban J connectivity index is 1.66. The van der Waals surface area contributed by atoms with Gasteiger partial charge in [-0.2, -0.15) is 0 Å². The first-order valence-electron chi connectivity index (χ1n) is 9.72. The predicted molar refractivity (Wildman–Crippen MR) is 114 cm³/mol. The third kappa shape index (κ3) is 3.80. The van der Waals surface area contributed by atoms with Crippen molar-refractivity contribution < 1.29 is 9.53 Å². The fourth-order valence-electron chi connectivity index (χ4n) is 3.48. The van der Waals surface area contributed by atoms with Crippen molar-refractivity contribution in [3.05, 3.63) is 52.2 Å². The van der Waals surface area contributed by atoms with Gasteiger partial charge >= 0.3 is 5.97 Å². The SMILES string of the molecule is CCOC(=O)c1c(N)sc2c1CCN(c1cc(CC)nc(-c3ccccn3)n1)C2. The minimum absolute atomic E-state index is 0.330. The standard InChI is InChI=1S/C21H23N5O2S/c1-3-13-11-17(25-20(24-13)15-7-5-6-9-23-15)26-10-8-14-16(12-26)29-19(22)18(14)21(27)28-4-2/h5-7,9,11H,3-4,8,10,12,22H2,1-2H3. The fraction of sp³-hybridized carbons (Fsp3) is 0.333. The van der Waals surface area contributed by atoms with Gasteiger partial charge in [0, 0.05) is 29.4 Å². The van der Waals surface area contributed by atoms with Gasteiger partial charge in [0.15, 0.2) is 5.82 Å². The number of anilines is 2. The molecule has 0 saturated heterocycles. The maximum absolute atomic E-state index is 12.3. The number of hydrogen-bond donors (Lipinski definition) is 1. The zero-order valence-electron chi connectivity index (χ0n) is 16.5. The van der Waals surface area contributed by atoms with Crippen molar-refractivity contribution in [1.82, 2.24) is 15.0 Å². The van der Waals surface area contributed by atoms with Crippen LogP contribution in [0, 0.1) is 0 Å². The first-order chi connectivity index (χ1) is 14.1. The minimum atomic E-state index is -0.330. The average Bonchev–Trinajstić information content (AvgIpc) is 3.09. The quantitative estimate of drug-likeness (QED) is 0.645. The lowest BCUT2D eigenvalue weighted by Crippen LogP contribution is -2.31. The Kier molecular flexibility index (Phi) is 5.44. The number of aryl methyl sites for hydroxylation is 1. The first kappa shape index (κ1) is 19.3. The molecule has 3 aromatic heterocycles. The summed E-state index contributed by atoms with van der Waals surface area (Å²) in [6.07, 6.45) is 3.28. The highest BCUT2D eigenvalue weighted by atomic mass is 32.1. The van der Waals surface area contributed by atoms with Crippen LogP contribution in [0.2, 0.25) is 0 Å². The first-order valence-corrected chi connectivity index (χ1v) is 10.5. The lowest BCUT2D eigenvalue weighted by Gasteiger charge is -2.28. The Morgan fingerprint density at radius 3 is 2.90 bits per heavy atom. The fourth-order valence-corrected chi connectivity index (χ4v) is 4.60. The summed E-state index contributed by atoms with van der Waals surface area (Å²) in [5, 5.41) is 0.529. The molecule has 4 heterocycles. The minimum Gasteiger partial charge on any atom is -0.462 e. The number of pyridine rings is 1. The van der Waals surface area contributed by atoms with Crippen LogP contribution in [0.1, 0.15) is 40.3 Å². The molecule has 0 radical (unpaired) electrons. The maximum atomic E-state index is 12.3. The smallest absolute Gasteiger partial charge is 0.341 e.